The Balaban J connectivity index is 2.11. The predicted octanol–water partition coefficient (Wildman–Crippen LogP) is 3.24. The van der Waals surface area contributed by atoms with E-state index in [0.717, 1.165) is 24.1 Å². The van der Waals surface area contributed by atoms with Crippen LogP contribution in [-0.2, 0) is 0 Å². The summed E-state index contributed by atoms with van der Waals surface area (Å²) in [4.78, 5) is 2.59. The van der Waals surface area contributed by atoms with E-state index in [-0.39, 0.29) is 0 Å². The first kappa shape index (κ1) is 16.3. The number of likely N-dealkylation sites (tertiary alicyclic amines) is 1. The van der Waals surface area contributed by atoms with Crippen LogP contribution in [0, 0.1) is 18.8 Å². The number of methoxy groups -OCH3 is 1. The third-order valence-electron chi connectivity index (χ3n) is 4.97. The fraction of sp³-hybridized carbons (Fsp3) is 0.667. The number of rotatable bonds is 5. The molecule has 1 fully saturated rings. The van der Waals surface area contributed by atoms with Crippen molar-refractivity contribution < 1.29 is 4.74 Å². The fourth-order valence-electron chi connectivity index (χ4n) is 3.24. The number of piperidine rings is 1. The van der Waals surface area contributed by atoms with Crippen molar-refractivity contribution in [1.82, 2.24) is 10.2 Å². The number of nitrogens with zero attached hydrogens (tertiary/aromatic N) is 1. The molecule has 0 bridgehead atoms. The molecule has 1 aromatic carbocycles. The summed E-state index contributed by atoms with van der Waals surface area (Å²) in [5, 5.41) is 3.47. The van der Waals surface area contributed by atoms with Crippen molar-refractivity contribution in [1.29, 1.82) is 0 Å². The van der Waals surface area contributed by atoms with Gasteiger partial charge in [-0.05, 0) is 44.8 Å². The Labute approximate surface area is 129 Å². The van der Waals surface area contributed by atoms with Gasteiger partial charge in [0.25, 0.3) is 0 Å². The van der Waals surface area contributed by atoms with Crippen LogP contribution in [0.25, 0.3) is 0 Å². The first-order valence-corrected chi connectivity index (χ1v) is 8.09. The molecule has 0 radical (unpaired) electrons. The standard InChI is InChI=1S/C18H30N2O/c1-13-6-7-18(21-5)16(10-13)17(19-4)12-20-9-8-14(2)15(3)11-20/h6-7,10,14-15,17,19H,8-9,11-12H2,1-5H3. The second kappa shape index (κ2) is 7.28. The molecule has 1 heterocycles. The zero-order valence-corrected chi connectivity index (χ0v) is 14.1. The van der Waals surface area contributed by atoms with Gasteiger partial charge in [0.05, 0.1) is 7.11 Å². The van der Waals surface area contributed by atoms with E-state index in [1.165, 1.54) is 30.6 Å². The van der Waals surface area contributed by atoms with Crippen molar-refractivity contribution >= 4 is 0 Å². The normalized spacial score (nSPS) is 24.8. The molecule has 1 N–H and O–H groups in total. The summed E-state index contributed by atoms with van der Waals surface area (Å²) < 4.78 is 5.55. The van der Waals surface area contributed by atoms with Gasteiger partial charge in [-0.25, -0.2) is 0 Å². The number of hydrogen-bond acceptors (Lipinski definition) is 3. The Morgan fingerprint density at radius 3 is 2.71 bits per heavy atom. The van der Waals surface area contributed by atoms with Gasteiger partial charge in [0.1, 0.15) is 5.75 Å². The van der Waals surface area contributed by atoms with Crippen molar-refractivity contribution in [2.45, 2.75) is 33.2 Å². The summed E-state index contributed by atoms with van der Waals surface area (Å²) in [6.45, 7) is 10.3. The Morgan fingerprint density at radius 2 is 2.10 bits per heavy atom. The van der Waals surface area contributed by atoms with Crippen molar-refractivity contribution in [3.8, 4) is 5.75 Å². The molecule has 3 unspecified atom stereocenters. The molecule has 21 heavy (non-hydrogen) atoms. The molecular formula is C18H30N2O. The minimum absolute atomic E-state index is 0.320. The van der Waals surface area contributed by atoms with E-state index in [4.69, 9.17) is 4.74 Å². The molecule has 3 nitrogen and oxygen atoms in total. The lowest BCUT2D eigenvalue weighted by Gasteiger charge is -2.37. The van der Waals surface area contributed by atoms with E-state index < -0.39 is 0 Å². The first-order chi connectivity index (χ1) is 10.0. The van der Waals surface area contributed by atoms with Gasteiger partial charge in [0.2, 0.25) is 0 Å². The maximum Gasteiger partial charge on any atom is 0.123 e. The molecule has 1 aliphatic heterocycles. The lowest BCUT2D eigenvalue weighted by atomic mass is 9.88. The third kappa shape index (κ3) is 3.98. The zero-order chi connectivity index (χ0) is 15.4. The molecule has 1 aliphatic rings. The highest BCUT2D eigenvalue weighted by atomic mass is 16.5. The molecule has 0 aromatic heterocycles. The lowest BCUT2D eigenvalue weighted by Crippen LogP contribution is -2.42. The Hall–Kier alpha value is -1.06. The topological polar surface area (TPSA) is 24.5 Å². The average molecular weight is 290 g/mol. The van der Waals surface area contributed by atoms with E-state index in [0.29, 0.717) is 6.04 Å². The summed E-state index contributed by atoms with van der Waals surface area (Å²) in [7, 11) is 3.80. The van der Waals surface area contributed by atoms with Crippen LogP contribution in [0.4, 0.5) is 0 Å². The van der Waals surface area contributed by atoms with Crippen LogP contribution in [0.3, 0.4) is 0 Å². The number of ether oxygens (including phenoxy) is 1. The summed E-state index contributed by atoms with van der Waals surface area (Å²) in [6.07, 6.45) is 1.31. The Morgan fingerprint density at radius 1 is 1.33 bits per heavy atom. The van der Waals surface area contributed by atoms with Gasteiger partial charge in [-0.1, -0.05) is 31.5 Å². The van der Waals surface area contributed by atoms with Crippen LogP contribution < -0.4 is 10.1 Å². The molecule has 0 spiro atoms. The molecule has 0 aliphatic carbocycles. The van der Waals surface area contributed by atoms with Gasteiger partial charge in [-0.2, -0.15) is 0 Å². The number of likely N-dealkylation sites (N-methyl/N-ethyl adjacent to an activating group) is 1. The molecular weight excluding hydrogens is 260 g/mol. The summed E-state index contributed by atoms with van der Waals surface area (Å²) in [5.74, 6) is 2.62. The molecule has 3 atom stereocenters. The van der Waals surface area contributed by atoms with Crippen molar-refractivity contribution in [2.75, 3.05) is 33.8 Å². The third-order valence-corrected chi connectivity index (χ3v) is 4.97. The van der Waals surface area contributed by atoms with Crippen LogP contribution in [0.2, 0.25) is 0 Å². The monoisotopic (exact) mass is 290 g/mol. The highest BCUT2D eigenvalue weighted by molar-refractivity contribution is 5.39. The number of nitrogens with one attached hydrogen (secondary N) is 1. The van der Waals surface area contributed by atoms with E-state index in [9.17, 15) is 0 Å². The van der Waals surface area contributed by atoms with Crippen molar-refractivity contribution in [2.24, 2.45) is 11.8 Å². The van der Waals surface area contributed by atoms with Gasteiger partial charge in [0, 0.05) is 24.7 Å². The second-order valence-electron chi connectivity index (χ2n) is 6.59. The van der Waals surface area contributed by atoms with Gasteiger partial charge in [-0.3, -0.25) is 0 Å². The average Bonchev–Trinajstić information content (AvgIpc) is 2.48. The summed E-state index contributed by atoms with van der Waals surface area (Å²) >= 11 is 0. The lowest BCUT2D eigenvalue weighted by molar-refractivity contribution is 0.127. The highest BCUT2D eigenvalue weighted by Crippen LogP contribution is 2.29. The van der Waals surface area contributed by atoms with Crippen LogP contribution >= 0.6 is 0 Å². The Kier molecular flexibility index (Phi) is 5.65. The quantitative estimate of drug-likeness (QED) is 0.901. The molecule has 2 rings (SSSR count). The molecule has 0 amide bonds. The molecule has 1 aromatic rings. The van der Waals surface area contributed by atoms with E-state index in [1.54, 1.807) is 7.11 Å². The van der Waals surface area contributed by atoms with E-state index in [1.807, 2.05) is 7.05 Å². The van der Waals surface area contributed by atoms with E-state index in [2.05, 4.69) is 49.2 Å². The summed E-state index contributed by atoms with van der Waals surface area (Å²) in [5.41, 5.74) is 2.55. The maximum absolute atomic E-state index is 5.55. The highest BCUT2D eigenvalue weighted by Gasteiger charge is 2.25. The fourth-order valence-corrected chi connectivity index (χ4v) is 3.24. The predicted molar refractivity (Wildman–Crippen MR) is 88.9 cm³/mol. The first-order valence-electron chi connectivity index (χ1n) is 8.09. The van der Waals surface area contributed by atoms with Gasteiger partial charge < -0.3 is 15.0 Å². The minimum atomic E-state index is 0.320. The minimum Gasteiger partial charge on any atom is -0.496 e. The van der Waals surface area contributed by atoms with Crippen LogP contribution in [0.15, 0.2) is 18.2 Å². The van der Waals surface area contributed by atoms with Gasteiger partial charge in [0.15, 0.2) is 0 Å². The van der Waals surface area contributed by atoms with Crippen LogP contribution in [0.5, 0.6) is 5.75 Å². The van der Waals surface area contributed by atoms with Crippen molar-refractivity contribution in [3.63, 3.8) is 0 Å². The Bertz CT molecular complexity index is 461. The SMILES string of the molecule is CNC(CN1CCC(C)C(C)C1)c1cc(C)ccc1OC. The number of benzene rings is 1. The maximum atomic E-state index is 5.55. The molecule has 1 saturated heterocycles. The molecule has 3 heteroatoms. The van der Waals surface area contributed by atoms with Crippen LogP contribution in [-0.4, -0.2) is 38.7 Å². The van der Waals surface area contributed by atoms with Crippen LogP contribution in [0.1, 0.15) is 37.4 Å². The van der Waals surface area contributed by atoms with Gasteiger partial charge >= 0.3 is 0 Å². The van der Waals surface area contributed by atoms with E-state index >= 15 is 0 Å². The molecule has 118 valence electrons. The largest absolute Gasteiger partial charge is 0.496 e. The number of aryl methyl sites for hydroxylation is 1. The van der Waals surface area contributed by atoms with Crippen molar-refractivity contribution in [3.05, 3.63) is 29.3 Å². The second-order valence-corrected chi connectivity index (χ2v) is 6.59. The zero-order valence-electron chi connectivity index (χ0n) is 14.1. The summed E-state index contributed by atoms with van der Waals surface area (Å²) in [6, 6.07) is 6.76. The smallest absolute Gasteiger partial charge is 0.123 e. The van der Waals surface area contributed by atoms with Gasteiger partial charge in [-0.15, -0.1) is 0 Å². The molecule has 0 saturated carbocycles. The number of hydrogen-bond donors (Lipinski definition) is 1.